The molecule has 0 radical (unpaired) electrons. The standard InChI is InChI=1S/C20H37N3O4SSi/c1-19(2,3)28(25)22-20(13-18(24)26-4)10-8-9-17-16(20)14-21-23(17)15-27-11-12-29(5,6)7/h14,22H,8-13,15H2,1-7H3/t20-,28?/m0/s1. The quantitative estimate of drug-likeness (QED) is 0.272. The summed E-state index contributed by atoms with van der Waals surface area (Å²) in [6.45, 7) is 13.9. The van der Waals surface area contributed by atoms with Gasteiger partial charge in [-0.1, -0.05) is 19.6 Å². The number of methoxy groups -OCH3 is 1. The number of aromatic nitrogens is 2. The van der Waals surface area contributed by atoms with Gasteiger partial charge >= 0.3 is 5.97 Å². The Balaban J connectivity index is 2.25. The van der Waals surface area contributed by atoms with Crippen molar-refractivity contribution in [2.24, 2.45) is 0 Å². The Morgan fingerprint density at radius 3 is 2.69 bits per heavy atom. The Bertz CT molecular complexity index is 699. The molecule has 0 spiro atoms. The van der Waals surface area contributed by atoms with Crippen LogP contribution in [0.3, 0.4) is 0 Å². The predicted molar refractivity (Wildman–Crippen MR) is 119 cm³/mol. The van der Waals surface area contributed by atoms with Crippen LogP contribution >= 0.6 is 0 Å². The van der Waals surface area contributed by atoms with E-state index >= 15 is 0 Å². The third-order valence-corrected chi connectivity index (χ3v) is 8.60. The zero-order chi connectivity index (χ0) is 21.9. The zero-order valence-corrected chi connectivity index (χ0v) is 20.8. The summed E-state index contributed by atoms with van der Waals surface area (Å²) in [7, 11) is 0.246. The molecule has 7 nitrogen and oxygen atoms in total. The van der Waals surface area contributed by atoms with Crippen molar-refractivity contribution in [1.29, 1.82) is 0 Å². The molecule has 29 heavy (non-hydrogen) atoms. The van der Waals surface area contributed by atoms with Crippen LogP contribution in [0.15, 0.2) is 6.20 Å². The summed E-state index contributed by atoms with van der Waals surface area (Å²) >= 11 is -1.33. The van der Waals surface area contributed by atoms with Crippen LogP contribution in [-0.4, -0.2) is 46.8 Å². The third-order valence-electron chi connectivity index (χ3n) is 5.21. The van der Waals surface area contributed by atoms with Gasteiger partial charge in [-0.15, -0.1) is 4.72 Å². The molecule has 0 saturated heterocycles. The fourth-order valence-electron chi connectivity index (χ4n) is 3.38. The van der Waals surface area contributed by atoms with Gasteiger partial charge in [0.15, 0.2) is 0 Å². The molecule has 166 valence electrons. The molecule has 1 unspecified atom stereocenters. The number of esters is 1. The van der Waals surface area contributed by atoms with Gasteiger partial charge in [0.2, 0.25) is 0 Å². The van der Waals surface area contributed by atoms with E-state index in [1.807, 2.05) is 25.5 Å². The molecule has 1 N–H and O–H groups in total. The Kier molecular flexibility index (Phi) is 8.00. The van der Waals surface area contributed by atoms with E-state index in [9.17, 15) is 9.35 Å². The summed E-state index contributed by atoms with van der Waals surface area (Å²) in [5.74, 6) is -0.324. The van der Waals surface area contributed by atoms with Crippen molar-refractivity contribution in [1.82, 2.24) is 14.5 Å². The fourth-order valence-corrected chi connectivity index (χ4v) is 5.08. The maximum Gasteiger partial charge on any atom is 0.307 e. The second kappa shape index (κ2) is 9.51. The Hall–Kier alpha value is -0.873. The molecule has 1 heterocycles. The number of hydrogen-bond donors (Lipinski definition) is 1. The fraction of sp³-hybridized carbons (Fsp3) is 0.800. The van der Waals surface area contributed by atoms with Crippen molar-refractivity contribution in [2.45, 2.75) is 89.2 Å². The van der Waals surface area contributed by atoms with E-state index < -0.39 is 29.7 Å². The number of carbonyl (C=O) groups is 1. The summed E-state index contributed by atoms with van der Waals surface area (Å²) in [4.78, 5) is 12.2. The lowest BCUT2D eigenvalue weighted by molar-refractivity contribution is -0.142. The smallest absolute Gasteiger partial charge is 0.307 e. The van der Waals surface area contributed by atoms with Gasteiger partial charge in [-0.2, -0.15) is 5.10 Å². The zero-order valence-electron chi connectivity index (χ0n) is 19.0. The Morgan fingerprint density at radius 1 is 1.41 bits per heavy atom. The maximum absolute atomic E-state index is 12.9. The minimum absolute atomic E-state index is 0.125. The van der Waals surface area contributed by atoms with Gasteiger partial charge in [0.25, 0.3) is 0 Å². The van der Waals surface area contributed by atoms with Crippen LogP contribution in [-0.2, 0) is 44.3 Å². The van der Waals surface area contributed by atoms with E-state index in [1.165, 1.54) is 7.11 Å². The summed E-state index contributed by atoms with van der Waals surface area (Å²) < 4.78 is 28.5. The second-order valence-electron chi connectivity index (χ2n) is 10.0. The van der Waals surface area contributed by atoms with Gasteiger partial charge in [0.1, 0.15) is 17.0 Å². The van der Waals surface area contributed by atoms with Gasteiger partial charge in [-0.3, -0.25) is 4.79 Å². The molecular formula is C20H37N3O4SSi. The number of nitrogens with one attached hydrogen (secondary N) is 1. The molecule has 0 aromatic carbocycles. The lowest BCUT2D eigenvalue weighted by Gasteiger charge is -2.39. The minimum Gasteiger partial charge on any atom is -0.598 e. The predicted octanol–water partition coefficient (Wildman–Crippen LogP) is 3.34. The first-order chi connectivity index (χ1) is 13.4. The molecule has 0 bridgehead atoms. The molecule has 0 saturated carbocycles. The van der Waals surface area contributed by atoms with Crippen molar-refractivity contribution in [3.05, 3.63) is 17.5 Å². The highest BCUT2D eigenvalue weighted by Crippen LogP contribution is 2.40. The van der Waals surface area contributed by atoms with Gasteiger partial charge in [-0.05, 0) is 46.1 Å². The van der Waals surface area contributed by atoms with Crippen LogP contribution in [0, 0.1) is 0 Å². The molecule has 2 rings (SSSR count). The molecule has 1 aliphatic rings. The van der Waals surface area contributed by atoms with Gasteiger partial charge < -0.3 is 14.0 Å². The monoisotopic (exact) mass is 443 g/mol. The van der Waals surface area contributed by atoms with Crippen molar-refractivity contribution in [3.8, 4) is 0 Å². The molecule has 0 aliphatic heterocycles. The number of fused-ring (bicyclic) bond motifs is 1. The molecule has 0 fully saturated rings. The first-order valence-electron chi connectivity index (χ1n) is 10.3. The van der Waals surface area contributed by atoms with Crippen molar-refractivity contribution in [3.63, 3.8) is 0 Å². The van der Waals surface area contributed by atoms with Crippen LogP contribution < -0.4 is 4.72 Å². The normalized spacial score (nSPS) is 21.0. The highest BCUT2D eigenvalue weighted by Gasteiger charge is 2.46. The highest BCUT2D eigenvalue weighted by molar-refractivity contribution is 7.90. The van der Waals surface area contributed by atoms with Crippen LogP contribution in [0.5, 0.6) is 0 Å². The van der Waals surface area contributed by atoms with Crippen LogP contribution in [0.25, 0.3) is 0 Å². The van der Waals surface area contributed by atoms with Crippen molar-refractivity contribution >= 4 is 25.4 Å². The third kappa shape index (κ3) is 6.55. The molecule has 9 heteroatoms. The SMILES string of the molecule is COC(=O)C[C@@]1(N[S+]([O-])C(C)(C)C)CCCc2c1cnn2COCC[Si](C)(C)C. The molecule has 0 amide bonds. The maximum atomic E-state index is 12.9. The second-order valence-corrected chi connectivity index (χ2v) is 17.6. The van der Waals surface area contributed by atoms with E-state index in [1.54, 1.807) is 6.20 Å². The first-order valence-corrected chi connectivity index (χ1v) is 15.1. The summed E-state index contributed by atoms with van der Waals surface area (Å²) in [5.41, 5.74) is 1.24. The molecule has 1 aliphatic carbocycles. The van der Waals surface area contributed by atoms with E-state index in [0.29, 0.717) is 13.2 Å². The van der Waals surface area contributed by atoms with Crippen LogP contribution in [0.2, 0.25) is 25.7 Å². The average molecular weight is 444 g/mol. The topological polar surface area (TPSA) is 88.4 Å². The van der Waals surface area contributed by atoms with Gasteiger partial charge in [-0.25, -0.2) is 4.68 Å². The summed E-state index contributed by atoms with van der Waals surface area (Å²) in [6.07, 6.45) is 4.37. The van der Waals surface area contributed by atoms with Crippen molar-refractivity contribution < 1.29 is 18.8 Å². The minimum atomic E-state index is -1.33. The number of carbonyl (C=O) groups excluding carboxylic acids is 1. The molecule has 1 aromatic rings. The summed E-state index contributed by atoms with van der Waals surface area (Å²) in [5, 5.41) is 4.54. The van der Waals surface area contributed by atoms with Crippen LogP contribution in [0.1, 0.15) is 51.3 Å². The van der Waals surface area contributed by atoms with Gasteiger partial charge in [0, 0.05) is 37.3 Å². The average Bonchev–Trinajstić information content (AvgIpc) is 3.01. The summed E-state index contributed by atoms with van der Waals surface area (Å²) in [6, 6.07) is 1.11. The molecule has 1 aromatic heterocycles. The number of ether oxygens (including phenoxy) is 2. The van der Waals surface area contributed by atoms with Gasteiger partial charge in [0.05, 0.1) is 19.7 Å². The number of hydrogen-bond acceptors (Lipinski definition) is 6. The molecular weight excluding hydrogens is 406 g/mol. The van der Waals surface area contributed by atoms with E-state index in [-0.39, 0.29) is 12.4 Å². The van der Waals surface area contributed by atoms with Crippen LogP contribution in [0.4, 0.5) is 0 Å². The number of rotatable bonds is 9. The lowest BCUT2D eigenvalue weighted by atomic mass is 9.78. The lowest BCUT2D eigenvalue weighted by Crippen LogP contribution is -2.53. The van der Waals surface area contributed by atoms with Crippen molar-refractivity contribution in [2.75, 3.05) is 13.7 Å². The van der Waals surface area contributed by atoms with E-state index in [2.05, 4.69) is 29.5 Å². The Labute approximate surface area is 179 Å². The highest BCUT2D eigenvalue weighted by atomic mass is 32.2. The van der Waals surface area contributed by atoms with E-state index in [0.717, 1.165) is 36.8 Å². The Morgan fingerprint density at radius 2 is 2.10 bits per heavy atom. The molecule has 2 atom stereocenters. The first kappa shape index (κ1) is 24.4. The van der Waals surface area contributed by atoms with E-state index in [4.69, 9.17) is 9.47 Å². The largest absolute Gasteiger partial charge is 0.598 e. The number of nitrogens with zero attached hydrogens (tertiary/aromatic N) is 2.